The summed E-state index contributed by atoms with van der Waals surface area (Å²) in [6, 6.07) is 6.00. The molecule has 0 radical (unpaired) electrons. The van der Waals surface area contributed by atoms with Crippen LogP contribution in [0.15, 0.2) is 52.4 Å². The van der Waals surface area contributed by atoms with E-state index in [1.54, 1.807) is 12.1 Å². The number of aromatic hydroxyl groups is 2. The van der Waals surface area contributed by atoms with Gasteiger partial charge in [-0.05, 0) is 6.07 Å². The first-order valence-electron chi connectivity index (χ1n) is 6.39. The average molecular weight is 355 g/mol. The number of benzene rings is 1. The summed E-state index contributed by atoms with van der Waals surface area (Å²) >= 11 is 5.84. The first-order chi connectivity index (χ1) is 10.5. The summed E-state index contributed by atoms with van der Waals surface area (Å²) in [7, 11) is 0. The Kier molecular flexibility index (Phi) is 4.68. The Morgan fingerprint density at radius 1 is 1.00 bits per heavy atom. The van der Waals surface area contributed by atoms with Crippen molar-refractivity contribution in [2.24, 2.45) is 0 Å². The van der Waals surface area contributed by atoms with Crippen molar-refractivity contribution in [2.75, 3.05) is 0 Å². The van der Waals surface area contributed by atoms with Gasteiger partial charge in [-0.3, -0.25) is 9.59 Å². The first-order valence-corrected chi connectivity index (χ1v) is 6.76. The molecule has 0 saturated carbocycles. The molecule has 0 amide bonds. The SMILES string of the molecule is Cl.O=c1ccn2ccn(Cc3cccc(Cl)c3O)c(=O)c2c1O. The topological polar surface area (TPSA) is 83.9 Å². The van der Waals surface area contributed by atoms with E-state index in [4.69, 9.17) is 11.6 Å². The molecule has 6 nitrogen and oxygen atoms in total. The molecule has 0 unspecified atom stereocenters. The summed E-state index contributed by atoms with van der Waals surface area (Å²) < 4.78 is 2.65. The van der Waals surface area contributed by atoms with E-state index in [1.807, 2.05) is 0 Å². The fourth-order valence-electron chi connectivity index (χ4n) is 2.23. The van der Waals surface area contributed by atoms with Gasteiger partial charge in [-0.1, -0.05) is 23.7 Å². The molecule has 8 heteroatoms. The van der Waals surface area contributed by atoms with Crippen LogP contribution >= 0.6 is 24.0 Å². The molecule has 0 spiro atoms. The molecule has 0 bridgehead atoms. The highest BCUT2D eigenvalue weighted by Gasteiger charge is 2.12. The quantitative estimate of drug-likeness (QED) is 0.737. The van der Waals surface area contributed by atoms with Gasteiger partial charge in [-0.15, -0.1) is 12.4 Å². The summed E-state index contributed by atoms with van der Waals surface area (Å²) in [6.07, 6.45) is 4.44. The molecule has 2 heterocycles. The van der Waals surface area contributed by atoms with Crippen molar-refractivity contribution in [3.63, 3.8) is 0 Å². The van der Waals surface area contributed by atoms with Crippen LogP contribution in [0.5, 0.6) is 11.5 Å². The lowest BCUT2D eigenvalue weighted by molar-refractivity contribution is 0.465. The van der Waals surface area contributed by atoms with E-state index >= 15 is 0 Å². The third-order valence-corrected chi connectivity index (χ3v) is 3.69. The Labute approximate surface area is 141 Å². The van der Waals surface area contributed by atoms with E-state index in [0.717, 1.165) is 0 Å². The standard InChI is InChI=1S/C15H11ClN2O4.ClH/c16-10-3-1-2-9(13(10)20)8-18-7-6-17-5-4-11(19)14(21)12(17)15(18)22;/h1-7,20-21H,8H2;1H. The maximum Gasteiger partial charge on any atom is 0.279 e. The summed E-state index contributed by atoms with van der Waals surface area (Å²) in [4.78, 5) is 23.9. The number of phenols is 1. The number of hydrogen-bond acceptors (Lipinski definition) is 4. The van der Waals surface area contributed by atoms with Crippen LogP contribution in [-0.4, -0.2) is 19.2 Å². The molecule has 0 aliphatic heterocycles. The molecule has 120 valence electrons. The highest BCUT2D eigenvalue weighted by Crippen LogP contribution is 2.27. The van der Waals surface area contributed by atoms with Gasteiger partial charge in [0.15, 0.2) is 11.3 Å². The number of halogens is 2. The van der Waals surface area contributed by atoms with Crippen molar-refractivity contribution in [2.45, 2.75) is 6.54 Å². The molecule has 0 aliphatic rings. The van der Waals surface area contributed by atoms with Crippen LogP contribution in [0.3, 0.4) is 0 Å². The lowest BCUT2D eigenvalue weighted by Gasteiger charge is -2.10. The zero-order valence-corrected chi connectivity index (χ0v) is 13.2. The maximum atomic E-state index is 12.4. The summed E-state index contributed by atoms with van der Waals surface area (Å²) in [5, 5.41) is 19.9. The van der Waals surface area contributed by atoms with Crippen LogP contribution in [0.2, 0.25) is 5.02 Å². The molecular weight excluding hydrogens is 343 g/mol. The number of phenolic OH excluding ortho intramolecular Hbond substituents is 1. The highest BCUT2D eigenvalue weighted by molar-refractivity contribution is 6.32. The van der Waals surface area contributed by atoms with Gasteiger partial charge in [0.05, 0.1) is 11.6 Å². The van der Waals surface area contributed by atoms with E-state index in [2.05, 4.69) is 0 Å². The lowest BCUT2D eigenvalue weighted by atomic mass is 10.2. The Morgan fingerprint density at radius 3 is 2.48 bits per heavy atom. The number of fused-ring (bicyclic) bond motifs is 1. The van der Waals surface area contributed by atoms with Gasteiger partial charge >= 0.3 is 0 Å². The zero-order chi connectivity index (χ0) is 15.9. The molecule has 0 fully saturated rings. The number of nitrogens with zero attached hydrogens (tertiary/aromatic N) is 2. The van der Waals surface area contributed by atoms with E-state index in [9.17, 15) is 19.8 Å². The third kappa shape index (κ3) is 2.91. The Bertz CT molecular complexity index is 995. The van der Waals surface area contributed by atoms with E-state index in [0.29, 0.717) is 5.56 Å². The number of rotatable bonds is 2. The molecule has 2 N–H and O–H groups in total. The van der Waals surface area contributed by atoms with Gasteiger partial charge < -0.3 is 19.2 Å². The molecule has 23 heavy (non-hydrogen) atoms. The van der Waals surface area contributed by atoms with Crippen LogP contribution in [0.4, 0.5) is 0 Å². The Balaban J connectivity index is 0.00000192. The van der Waals surface area contributed by atoms with Gasteiger partial charge in [0, 0.05) is 30.2 Å². The third-order valence-electron chi connectivity index (χ3n) is 3.38. The van der Waals surface area contributed by atoms with Gasteiger partial charge in [-0.25, -0.2) is 0 Å². The summed E-state index contributed by atoms with van der Waals surface area (Å²) in [5.41, 5.74) is -0.828. The van der Waals surface area contributed by atoms with Gasteiger partial charge in [-0.2, -0.15) is 0 Å². The van der Waals surface area contributed by atoms with Crippen molar-refractivity contribution in [3.8, 4) is 11.5 Å². The van der Waals surface area contributed by atoms with E-state index in [1.165, 1.54) is 39.7 Å². The van der Waals surface area contributed by atoms with E-state index < -0.39 is 16.7 Å². The van der Waals surface area contributed by atoms with Crippen molar-refractivity contribution < 1.29 is 10.2 Å². The van der Waals surface area contributed by atoms with Gasteiger partial charge in [0.1, 0.15) is 5.75 Å². The summed E-state index contributed by atoms with van der Waals surface area (Å²) in [6.45, 7) is 0.0598. The largest absolute Gasteiger partial charge is 0.506 e. The summed E-state index contributed by atoms with van der Waals surface area (Å²) in [5.74, 6) is -0.706. The minimum absolute atomic E-state index is 0. The second-order valence-corrected chi connectivity index (χ2v) is 5.17. The molecule has 3 rings (SSSR count). The molecule has 0 atom stereocenters. The predicted octanol–water partition coefficient (Wildman–Crippen LogP) is 2.00. The number of pyridine rings is 1. The van der Waals surface area contributed by atoms with Gasteiger partial charge in [0.2, 0.25) is 5.43 Å². The average Bonchev–Trinajstić information content (AvgIpc) is 2.50. The van der Waals surface area contributed by atoms with E-state index in [-0.39, 0.29) is 35.2 Å². The van der Waals surface area contributed by atoms with Crippen molar-refractivity contribution in [3.05, 3.63) is 74.0 Å². The van der Waals surface area contributed by atoms with Crippen molar-refractivity contribution in [1.82, 2.24) is 8.97 Å². The Morgan fingerprint density at radius 2 is 1.74 bits per heavy atom. The highest BCUT2D eigenvalue weighted by atomic mass is 35.5. The second kappa shape index (κ2) is 6.36. The van der Waals surface area contributed by atoms with Crippen molar-refractivity contribution in [1.29, 1.82) is 0 Å². The number of aromatic nitrogens is 2. The first kappa shape index (κ1) is 16.9. The fourth-order valence-corrected chi connectivity index (χ4v) is 2.42. The van der Waals surface area contributed by atoms with Crippen LogP contribution < -0.4 is 11.0 Å². The van der Waals surface area contributed by atoms with Crippen LogP contribution in [0.1, 0.15) is 5.56 Å². The minimum Gasteiger partial charge on any atom is -0.506 e. The number of hydrogen-bond donors (Lipinski definition) is 2. The van der Waals surface area contributed by atoms with Crippen LogP contribution in [0, 0.1) is 0 Å². The molecule has 3 aromatic rings. The van der Waals surface area contributed by atoms with Crippen LogP contribution in [0.25, 0.3) is 5.52 Å². The smallest absolute Gasteiger partial charge is 0.279 e. The zero-order valence-electron chi connectivity index (χ0n) is 11.6. The molecule has 0 aliphatic carbocycles. The monoisotopic (exact) mass is 354 g/mol. The second-order valence-electron chi connectivity index (χ2n) is 4.76. The van der Waals surface area contributed by atoms with Gasteiger partial charge in [0.25, 0.3) is 5.56 Å². The Hall–Kier alpha value is -2.44. The molecule has 1 aromatic carbocycles. The minimum atomic E-state index is -0.625. The van der Waals surface area contributed by atoms with Crippen molar-refractivity contribution >= 4 is 29.5 Å². The maximum absolute atomic E-state index is 12.4. The predicted molar refractivity (Wildman–Crippen MR) is 89.1 cm³/mol. The molecule has 2 aromatic heterocycles. The number of para-hydroxylation sites is 1. The molecule has 0 saturated heterocycles. The normalized spacial score (nSPS) is 10.5. The lowest BCUT2D eigenvalue weighted by Crippen LogP contribution is -2.24. The molecular formula is C15H12Cl2N2O4. The van der Waals surface area contributed by atoms with Crippen LogP contribution in [-0.2, 0) is 6.54 Å². The fraction of sp³-hybridized carbons (Fsp3) is 0.0667.